The van der Waals surface area contributed by atoms with E-state index in [1.165, 1.54) is 11.1 Å². The number of para-hydroxylation sites is 1. The van der Waals surface area contributed by atoms with E-state index in [9.17, 15) is 0 Å². The van der Waals surface area contributed by atoms with Crippen molar-refractivity contribution in [1.29, 1.82) is 0 Å². The number of nitrogens with one attached hydrogen (secondary N) is 1. The van der Waals surface area contributed by atoms with Crippen molar-refractivity contribution < 1.29 is 4.74 Å². The highest BCUT2D eigenvalue weighted by atomic mass is 35.5. The largest absolute Gasteiger partial charge is 0.496 e. The van der Waals surface area contributed by atoms with Gasteiger partial charge < -0.3 is 10.1 Å². The van der Waals surface area contributed by atoms with Crippen LogP contribution in [0.4, 0.5) is 0 Å². The van der Waals surface area contributed by atoms with E-state index < -0.39 is 0 Å². The number of hydrogen-bond donors (Lipinski definition) is 1. The fourth-order valence-corrected chi connectivity index (χ4v) is 2.64. The topological polar surface area (TPSA) is 21.3 Å². The quantitative estimate of drug-likeness (QED) is 0.831. The Bertz CT molecular complexity index is 571. The molecule has 112 valence electrons. The van der Waals surface area contributed by atoms with Crippen molar-refractivity contribution in [2.24, 2.45) is 0 Å². The zero-order valence-corrected chi connectivity index (χ0v) is 13.4. The van der Waals surface area contributed by atoms with Gasteiger partial charge in [0.15, 0.2) is 0 Å². The highest BCUT2D eigenvalue weighted by molar-refractivity contribution is 6.30. The van der Waals surface area contributed by atoms with Gasteiger partial charge in [-0.05, 0) is 55.6 Å². The lowest BCUT2D eigenvalue weighted by molar-refractivity contribution is 0.406. The maximum atomic E-state index is 5.99. The third kappa shape index (κ3) is 5.07. The SMILES string of the molecule is COc1ccccc1CC(C)NCCc1cccc(Cl)c1. The van der Waals surface area contributed by atoms with Crippen LogP contribution >= 0.6 is 11.6 Å². The molecule has 0 amide bonds. The smallest absolute Gasteiger partial charge is 0.122 e. The number of halogens is 1. The van der Waals surface area contributed by atoms with Gasteiger partial charge in [0.1, 0.15) is 5.75 Å². The van der Waals surface area contributed by atoms with E-state index in [0.717, 1.165) is 30.2 Å². The van der Waals surface area contributed by atoms with Crippen LogP contribution in [0.15, 0.2) is 48.5 Å². The maximum Gasteiger partial charge on any atom is 0.122 e. The Morgan fingerprint density at radius 3 is 2.71 bits per heavy atom. The van der Waals surface area contributed by atoms with Crippen LogP contribution in [0.5, 0.6) is 5.75 Å². The Kier molecular flexibility index (Phi) is 6.09. The molecule has 0 radical (unpaired) electrons. The Morgan fingerprint density at radius 1 is 1.14 bits per heavy atom. The summed E-state index contributed by atoms with van der Waals surface area (Å²) in [5.41, 5.74) is 2.50. The van der Waals surface area contributed by atoms with Crippen LogP contribution in [-0.4, -0.2) is 19.7 Å². The maximum absolute atomic E-state index is 5.99. The molecule has 1 unspecified atom stereocenters. The summed E-state index contributed by atoms with van der Waals surface area (Å²) in [5.74, 6) is 0.959. The monoisotopic (exact) mass is 303 g/mol. The molecule has 2 nitrogen and oxygen atoms in total. The molecule has 0 heterocycles. The number of ether oxygens (including phenoxy) is 1. The van der Waals surface area contributed by atoms with Gasteiger partial charge in [-0.1, -0.05) is 41.9 Å². The number of benzene rings is 2. The van der Waals surface area contributed by atoms with Crippen LogP contribution in [-0.2, 0) is 12.8 Å². The molecule has 2 aromatic carbocycles. The minimum Gasteiger partial charge on any atom is -0.496 e. The first-order valence-electron chi connectivity index (χ1n) is 7.29. The van der Waals surface area contributed by atoms with Crippen LogP contribution in [0.1, 0.15) is 18.1 Å². The molecular weight excluding hydrogens is 282 g/mol. The minimum atomic E-state index is 0.403. The molecule has 0 spiro atoms. The van der Waals surface area contributed by atoms with Gasteiger partial charge in [0.2, 0.25) is 0 Å². The molecule has 1 N–H and O–H groups in total. The standard InChI is InChI=1S/C18H22ClNO/c1-14(12-16-7-3-4-9-18(16)21-2)20-11-10-15-6-5-8-17(19)13-15/h3-9,13-14,20H,10-12H2,1-2H3. The summed E-state index contributed by atoms with van der Waals surface area (Å²) in [4.78, 5) is 0. The molecule has 2 aromatic rings. The zero-order chi connectivity index (χ0) is 15.1. The van der Waals surface area contributed by atoms with Crippen molar-refractivity contribution in [2.45, 2.75) is 25.8 Å². The average Bonchev–Trinajstić information content (AvgIpc) is 2.48. The van der Waals surface area contributed by atoms with Crippen molar-refractivity contribution in [3.8, 4) is 5.75 Å². The summed E-state index contributed by atoms with van der Waals surface area (Å²) < 4.78 is 5.39. The van der Waals surface area contributed by atoms with E-state index in [1.807, 2.05) is 30.3 Å². The van der Waals surface area contributed by atoms with Gasteiger partial charge in [0.25, 0.3) is 0 Å². The van der Waals surface area contributed by atoms with Crippen molar-refractivity contribution >= 4 is 11.6 Å². The lowest BCUT2D eigenvalue weighted by Crippen LogP contribution is -2.30. The van der Waals surface area contributed by atoms with E-state index in [4.69, 9.17) is 16.3 Å². The summed E-state index contributed by atoms with van der Waals surface area (Å²) in [6, 6.07) is 16.6. The van der Waals surface area contributed by atoms with Crippen LogP contribution < -0.4 is 10.1 Å². The Hall–Kier alpha value is -1.51. The first-order valence-corrected chi connectivity index (χ1v) is 7.66. The third-order valence-electron chi connectivity index (χ3n) is 3.51. The first-order chi connectivity index (χ1) is 10.2. The van der Waals surface area contributed by atoms with Gasteiger partial charge in [0.05, 0.1) is 7.11 Å². The molecule has 0 aromatic heterocycles. The predicted octanol–water partition coefficient (Wildman–Crippen LogP) is 4.11. The third-order valence-corrected chi connectivity index (χ3v) is 3.75. The van der Waals surface area contributed by atoms with Crippen LogP contribution in [0.3, 0.4) is 0 Å². The molecular formula is C18H22ClNO. The van der Waals surface area contributed by atoms with E-state index in [1.54, 1.807) is 7.11 Å². The lowest BCUT2D eigenvalue weighted by atomic mass is 10.1. The predicted molar refractivity (Wildman–Crippen MR) is 89.3 cm³/mol. The zero-order valence-electron chi connectivity index (χ0n) is 12.6. The highest BCUT2D eigenvalue weighted by Crippen LogP contribution is 2.18. The highest BCUT2D eigenvalue weighted by Gasteiger charge is 2.07. The van der Waals surface area contributed by atoms with E-state index in [-0.39, 0.29) is 0 Å². The molecule has 0 saturated heterocycles. The summed E-state index contributed by atoms with van der Waals surface area (Å²) in [6.45, 7) is 3.14. The minimum absolute atomic E-state index is 0.403. The van der Waals surface area contributed by atoms with E-state index in [0.29, 0.717) is 6.04 Å². The van der Waals surface area contributed by atoms with Crippen molar-refractivity contribution in [3.05, 3.63) is 64.7 Å². The van der Waals surface area contributed by atoms with Gasteiger partial charge >= 0.3 is 0 Å². The van der Waals surface area contributed by atoms with E-state index >= 15 is 0 Å². The fourth-order valence-electron chi connectivity index (χ4n) is 2.43. The number of methoxy groups -OCH3 is 1. The summed E-state index contributed by atoms with van der Waals surface area (Å²) in [6.07, 6.45) is 1.94. The summed E-state index contributed by atoms with van der Waals surface area (Å²) in [7, 11) is 1.72. The van der Waals surface area contributed by atoms with Gasteiger partial charge in [-0.25, -0.2) is 0 Å². The molecule has 0 saturated carbocycles. The Morgan fingerprint density at radius 2 is 1.95 bits per heavy atom. The van der Waals surface area contributed by atoms with Crippen LogP contribution in [0, 0.1) is 0 Å². The van der Waals surface area contributed by atoms with Crippen molar-refractivity contribution in [3.63, 3.8) is 0 Å². The first kappa shape index (κ1) is 15.9. The Balaban J connectivity index is 1.81. The van der Waals surface area contributed by atoms with Crippen molar-refractivity contribution in [1.82, 2.24) is 5.32 Å². The van der Waals surface area contributed by atoms with E-state index in [2.05, 4.69) is 30.4 Å². The normalized spacial score (nSPS) is 12.1. The Labute approximate surface area is 132 Å². The fraction of sp³-hybridized carbons (Fsp3) is 0.333. The van der Waals surface area contributed by atoms with Gasteiger partial charge in [-0.15, -0.1) is 0 Å². The van der Waals surface area contributed by atoms with Gasteiger partial charge in [-0.2, -0.15) is 0 Å². The number of rotatable bonds is 7. The van der Waals surface area contributed by atoms with Gasteiger partial charge in [0, 0.05) is 11.1 Å². The van der Waals surface area contributed by atoms with Crippen LogP contribution in [0.25, 0.3) is 0 Å². The second-order valence-corrected chi connectivity index (χ2v) is 5.69. The lowest BCUT2D eigenvalue weighted by Gasteiger charge is -2.16. The summed E-state index contributed by atoms with van der Waals surface area (Å²) >= 11 is 5.99. The molecule has 2 rings (SSSR count). The van der Waals surface area contributed by atoms with Crippen molar-refractivity contribution in [2.75, 3.05) is 13.7 Å². The molecule has 1 atom stereocenters. The summed E-state index contributed by atoms with van der Waals surface area (Å²) in [5, 5.41) is 4.35. The molecule has 0 fully saturated rings. The molecule has 0 aliphatic rings. The molecule has 0 aliphatic heterocycles. The van der Waals surface area contributed by atoms with Gasteiger partial charge in [-0.3, -0.25) is 0 Å². The average molecular weight is 304 g/mol. The second-order valence-electron chi connectivity index (χ2n) is 5.25. The van der Waals surface area contributed by atoms with Crippen LogP contribution in [0.2, 0.25) is 5.02 Å². The molecule has 0 aliphatic carbocycles. The molecule has 3 heteroatoms. The molecule has 21 heavy (non-hydrogen) atoms. The molecule has 0 bridgehead atoms. The second kappa shape index (κ2) is 8.06. The number of hydrogen-bond acceptors (Lipinski definition) is 2.